The highest BCUT2D eigenvalue weighted by Crippen LogP contribution is 2.43. The number of carbonyl (C=O) groups is 3. The number of aryl methyl sites for hydroxylation is 2. The quantitative estimate of drug-likeness (QED) is 0.534. The smallest absolute Gasteiger partial charge is 0.297 e. The number of amides is 3. The molecular weight excluding hydrogens is 412 g/mol. The second-order valence-electron chi connectivity index (χ2n) is 9.95. The molecule has 1 heterocycles. The van der Waals surface area contributed by atoms with Crippen LogP contribution in [0, 0.1) is 13.8 Å². The van der Waals surface area contributed by atoms with Gasteiger partial charge in [-0.2, -0.15) is 0 Å². The van der Waals surface area contributed by atoms with E-state index in [1.807, 2.05) is 50.2 Å². The maximum atomic E-state index is 13.7. The summed E-state index contributed by atoms with van der Waals surface area (Å²) < 4.78 is 0. The van der Waals surface area contributed by atoms with Crippen LogP contribution >= 0.6 is 0 Å². The molecule has 5 heteroatoms. The van der Waals surface area contributed by atoms with Crippen molar-refractivity contribution in [3.63, 3.8) is 0 Å². The van der Waals surface area contributed by atoms with Gasteiger partial charge in [0.05, 0.1) is 6.54 Å². The number of hydrogen-bond donors (Lipinski definition) is 0. The summed E-state index contributed by atoms with van der Waals surface area (Å²) in [4.78, 5) is 43.3. The average Bonchev–Trinajstić information content (AvgIpc) is 2.97. The number of urea groups is 1. The number of carbonyl (C=O) groups excluding carboxylic acids is 3. The van der Waals surface area contributed by atoms with Crippen molar-refractivity contribution in [3.8, 4) is 0 Å². The average molecular weight is 447 g/mol. The largest absolute Gasteiger partial charge is 0.332 e. The molecule has 2 aromatic rings. The van der Waals surface area contributed by atoms with E-state index in [9.17, 15) is 14.4 Å². The number of nitrogens with zero attached hydrogens (tertiary/aromatic N) is 2. The Bertz CT molecular complexity index is 1070. The number of benzene rings is 2. The van der Waals surface area contributed by atoms with Crippen molar-refractivity contribution in [1.29, 1.82) is 0 Å². The molecule has 0 unspecified atom stereocenters. The van der Waals surface area contributed by atoms with Crippen LogP contribution in [-0.2, 0) is 16.0 Å². The van der Waals surface area contributed by atoms with E-state index in [0.717, 1.165) is 47.2 Å². The molecule has 2 fully saturated rings. The van der Waals surface area contributed by atoms with Gasteiger partial charge in [0, 0.05) is 12.1 Å². The summed E-state index contributed by atoms with van der Waals surface area (Å²) >= 11 is 0. The van der Waals surface area contributed by atoms with E-state index >= 15 is 0 Å². The summed E-state index contributed by atoms with van der Waals surface area (Å²) in [7, 11) is 0. The Morgan fingerprint density at radius 1 is 0.970 bits per heavy atom. The maximum absolute atomic E-state index is 13.7. The van der Waals surface area contributed by atoms with Crippen LogP contribution in [0.5, 0.6) is 0 Å². The Morgan fingerprint density at radius 3 is 2.27 bits per heavy atom. The summed E-state index contributed by atoms with van der Waals surface area (Å²) in [5, 5.41) is 0. The van der Waals surface area contributed by atoms with Crippen LogP contribution in [0.2, 0.25) is 0 Å². The fourth-order valence-electron chi connectivity index (χ4n) is 5.44. The van der Waals surface area contributed by atoms with E-state index in [1.165, 1.54) is 4.90 Å². The second-order valence-corrected chi connectivity index (χ2v) is 9.95. The van der Waals surface area contributed by atoms with Gasteiger partial charge in [0.25, 0.3) is 5.91 Å². The van der Waals surface area contributed by atoms with Gasteiger partial charge < -0.3 is 0 Å². The zero-order valence-corrected chi connectivity index (χ0v) is 20.2. The molecule has 0 radical (unpaired) electrons. The standard InChI is InChI=1S/C28H34N2O3/c1-19(2)24-10-8-9-21(4)25(24)17-23(31)18-29-26(32)28(15-6-5-7-16-28)30(27(29)33)22-13-11-20(3)12-14-22/h8-14,19H,5-7,15-18H2,1-4H3. The minimum atomic E-state index is -0.864. The highest BCUT2D eigenvalue weighted by molar-refractivity contribution is 6.18. The first-order valence-corrected chi connectivity index (χ1v) is 12.1. The van der Waals surface area contributed by atoms with E-state index in [1.54, 1.807) is 4.90 Å². The van der Waals surface area contributed by atoms with Crippen LogP contribution in [0.15, 0.2) is 42.5 Å². The Kier molecular flexibility index (Phi) is 6.42. The fraction of sp³-hybridized carbons (Fsp3) is 0.464. The molecule has 1 saturated carbocycles. The number of hydrogen-bond acceptors (Lipinski definition) is 3. The topological polar surface area (TPSA) is 57.7 Å². The molecule has 0 bridgehead atoms. The van der Waals surface area contributed by atoms with Crippen LogP contribution in [0.1, 0.15) is 74.1 Å². The molecule has 1 saturated heterocycles. The summed E-state index contributed by atoms with van der Waals surface area (Å²) in [5.41, 5.74) is 4.19. The van der Waals surface area contributed by atoms with E-state index in [0.29, 0.717) is 18.8 Å². The Labute approximate surface area is 196 Å². The molecule has 2 aliphatic rings. The molecule has 0 atom stereocenters. The monoisotopic (exact) mass is 446 g/mol. The maximum Gasteiger partial charge on any atom is 0.332 e. The SMILES string of the molecule is Cc1ccc(N2C(=O)N(CC(=O)Cc3c(C)cccc3C(C)C)C(=O)C23CCCCC3)cc1. The first-order valence-electron chi connectivity index (χ1n) is 12.1. The van der Waals surface area contributed by atoms with Gasteiger partial charge in [-0.3, -0.25) is 19.4 Å². The van der Waals surface area contributed by atoms with Crippen molar-refractivity contribution in [2.24, 2.45) is 0 Å². The van der Waals surface area contributed by atoms with Crippen molar-refractivity contribution in [1.82, 2.24) is 4.90 Å². The predicted molar refractivity (Wildman–Crippen MR) is 131 cm³/mol. The summed E-state index contributed by atoms with van der Waals surface area (Å²) in [6.07, 6.45) is 4.40. The van der Waals surface area contributed by atoms with Gasteiger partial charge in [0.15, 0.2) is 5.78 Å². The van der Waals surface area contributed by atoms with Crippen molar-refractivity contribution < 1.29 is 14.4 Å². The normalized spacial score (nSPS) is 18.0. The number of imide groups is 1. The fourth-order valence-corrected chi connectivity index (χ4v) is 5.44. The van der Waals surface area contributed by atoms with E-state index in [-0.39, 0.29) is 30.7 Å². The van der Waals surface area contributed by atoms with Crippen LogP contribution in [0.3, 0.4) is 0 Å². The number of Topliss-reactive ketones (excluding diaryl/α,β-unsaturated/α-hetero) is 1. The van der Waals surface area contributed by atoms with E-state index < -0.39 is 5.54 Å². The van der Waals surface area contributed by atoms with Gasteiger partial charge in [-0.25, -0.2) is 4.79 Å². The Balaban J connectivity index is 1.62. The minimum Gasteiger partial charge on any atom is -0.297 e. The molecule has 1 aliphatic heterocycles. The number of anilines is 1. The third-order valence-electron chi connectivity index (χ3n) is 7.24. The van der Waals surface area contributed by atoms with E-state index in [4.69, 9.17) is 0 Å². The second kappa shape index (κ2) is 9.12. The summed E-state index contributed by atoms with van der Waals surface area (Å²) in [5.74, 6) is -0.0232. The molecule has 4 rings (SSSR count). The third-order valence-corrected chi connectivity index (χ3v) is 7.24. The zero-order valence-electron chi connectivity index (χ0n) is 20.2. The van der Waals surface area contributed by atoms with Gasteiger partial charge in [-0.15, -0.1) is 0 Å². The summed E-state index contributed by atoms with van der Waals surface area (Å²) in [6.45, 7) is 8.06. The van der Waals surface area contributed by atoms with Crippen LogP contribution in [0.4, 0.5) is 10.5 Å². The molecule has 1 spiro atoms. The predicted octanol–water partition coefficient (Wildman–Crippen LogP) is 5.71. The molecule has 5 nitrogen and oxygen atoms in total. The molecule has 0 N–H and O–H groups in total. The van der Waals surface area contributed by atoms with Crippen molar-refractivity contribution in [2.75, 3.05) is 11.4 Å². The molecule has 3 amide bonds. The highest BCUT2D eigenvalue weighted by atomic mass is 16.2. The zero-order chi connectivity index (χ0) is 23.8. The molecule has 174 valence electrons. The van der Waals surface area contributed by atoms with Crippen molar-refractivity contribution in [3.05, 3.63) is 64.7 Å². The minimum absolute atomic E-state index is 0.107. The number of rotatable bonds is 6. The molecular formula is C28H34N2O3. The highest BCUT2D eigenvalue weighted by Gasteiger charge is 2.58. The third kappa shape index (κ3) is 4.21. The lowest BCUT2D eigenvalue weighted by molar-refractivity contribution is -0.134. The van der Waals surface area contributed by atoms with Gasteiger partial charge in [0.2, 0.25) is 0 Å². The van der Waals surface area contributed by atoms with Crippen LogP contribution in [-0.4, -0.2) is 34.7 Å². The molecule has 1 aliphatic carbocycles. The lowest BCUT2D eigenvalue weighted by Gasteiger charge is -2.38. The van der Waals surface area contributed by atoms with Gasteiger partial charge in [-0.1, -0.05) is 69.0 Å². The van der Waals surface area contributed by atoms with Crippen molar-refractivity contribution in [2.45, 2.75) is 77.7 Å². The lowest BCUT2D eigenvalue weighted by atomic mass is 9.80. The molecule has 2 aromatic carbocycles. The van der Waals surface area contributed by atoms with Gasteiger partial charge >= 0.3 is 6.03 Å². The van der Waals surface area contributed by atoms with Crippen LogP contribution < -0.4 is 4.90 Å². The Morgan fingerprint density at radius 2 is 1.64 bits per heavy atom. The van der Waals surface area contributed by atoms with Gasteiger partial charge in [0.1, 0.15) is 5.54 Å². The number of ketones is 1. The lowest BCUT2D eigenvalue weighted by Crippen LogP contribution is -2.51. The van der Waals surface area contributed by atoms with Crippen LogP contribution in [0.25, 0.3) is 0 Å². The first kappa shape index (κ1) is 23.2. The summed E-state index contributed by atoms with van der Waals surface area (Å²) in [6, 6.07) is 13.5. The molecule has 0 aromatic heterocycles. The Hall–Kier alpha value is -2.95. The van der Waals surface area contributed by atoms with Gasteiger partial charge in [-0.05, 0) is 61.4 Å². The van der Waals surface area contributed by atoms with E-state index in [2.05, 4.69) is 19.9 Å². The van der Waals surface area contributed by atoms with Crippen molar-refractivity contribution >= 4 is 23.4 Å². The molecule has 33 heavy (non-hydrogen) atoms. The first-order chi connectivity index (χ1) is 15.7.